The molecule has 0 amide bonds. The van der Waals surface area contributed by atoms with Crippen molar-refractivity contribution in [3.8, 4) is 0 Å². The fourth-order valence-corrected chi connectivity index (χ4v) is 2.48. The average Bonchev–Trinajstić information content (AvgIpc) is 2.35. The van der Waals surface area contributed by atoms with Gasteiger partial charge in [0.1, 0.15) is 0 Å². The van der Waals surface area contributed by atoms with Crippen LogP contribution in [0.15, 0.2) is 24.3 Å². The van der Waals surface area contributed by atoms with Crippen LogP contribution in [0, 0.1) is 5.41 Å². The molecule has 1 aromatic rings. The lowest BCUT2D eigenvalue weighted by atomic mass is 9.76. The van der Waals surface area contributed by atoms with Gasteiger partial charge in [-0.3, -0.25) is 4.79 Å². The van der Waals surface area contributed by atoms with Gasteiger partial charge in [0.15, 0.2) is 0 Å². The van der Waals surface area contributed by atoms with Gasteiger partial charge in [0.2, 0.25) is 0 Å². The van der Waals surface area contributed by atoms with Crippen molar-refractivity contribution in [1.82, 2.24) is 0 Å². The van der Waals surface area contributed by atoms with E-state index in [2.05, 4.69) is 26.1 Å². The molecule has 1 heterocycles. The van der Waals surface area contributed by atoms with Crippen molar-refractivity contribution in [2.75, 3.05) is 12.4 Å². The molecule has 0 fully saturated rings. The first-order valence-electron chi connectivity index (χ1n) is 6.37. The lowest BCUT2D eigenvalue weighted by Crippen LogP contribution is -2.40. The molecule has 0 bridgehead atoms. The average molecular weight is 247 g/mol. The van der Waals surface area contributed by atoms with E-state index in [0.717, 1.165) is 17.7 Å². The van der Waals surface area contributed by atoms with Gasteiger partial charge in [-0.15, -0.1) is 0 Å². The molecule has 1 aliphatic rings. The van der Waals surface area contributed by atoms with E-state index in [0.29, 0.717) is 0 Å². The highest BCUT2D eigenvalue weighted by Crippen LogP contribution is 2.40. The predicted molar refractivity (Wildman–Crippen MR) is 72.7 cm³/mol. The summed E-state index contributed by atoms with van der Waals surface area (Å²) in [6, 6.07) is 8.27. The normalized spacial score (nSPS) is 22.9. The number of carbonyl (C=O) groups excluding carboxylic acids is 1. The Bertz CT molecular complexity index is 448. The molecule has 98 valence electrons. The molecule has 0 aromatic heterocycles. The summed E-state index contributed by atoms with van der Waals surface area (Å²) in [5.41, 5.74) is 2.21. The second-order valence-electron chi connectivity index (χ2n) is 5.96. The highest BCUT2D eigenvalue weighted by atomic mass is 16.5. The van der Waals surface area contributed by atoms with E-state index in [1.807, 2.05) is 24.3 Å². The number of fused-ring (bicyclic) bond motifs is 1. The molecule has 1 aliphatic heterocycles. The summed E-state index contributed by atoms with van der Waals surface area (Å²) in [7, 11) is 1.46. The first-order valence-corrected chi connectivity index (χ1v) is 6.37. The van der Waals surface area contributed by atoms with Crippen LogP contribution in [0.3, 0.4) is 0 Å². The molecule has 0 radical (unpaired) electrons. The van der Waals surface area contributed by atoms with Crippen LogP contribution < -0.4 is 5.32 Å². The van der Waals surface area contributed by atoms with E-state index < -0.39 is 0 Å². The van der Waals surface area contributed by atoms with Crippen LogP contribution in [0.5, 0.6) is 0 Å². The topological polar surface area (TPSA) is 38.3 Å². The van der Waals surface area contributed by atoms with Gasteiger partial charge in [-0.25, -0.2) is 0 Å². The number of para-hydroxylation sites is 1. The van der Waals surface area contributed by atoms with Crippen molar-refractivity contribution >= 4 is 11.7 Å². The quantitative estimate of drug-likeness (QED) is 0.775. The molecule has 0 spiro atoms. The van der Waals surface area contributed by atoms with E-state index in [1.54, 1.807) is 0 Å². The lowest BCUT2D eigenvalue weighted by Gasteiger charge is -2.39. The Hall–Kier alpha value is -1.51. The summed E-state index contributed by atoms with van der Waals surface area (Å²) >= 11 is 0. The molecule has 0 unspecified atom stereocenters. The van der Waals surface area contributed by atoms with Gasteiger partial charge >= 0.3 is 5.97 Å². The van der Waals surface area contributed by atoms with Crippen molar-refractivity contribution in [2.24, 2.45) is 5.41 Å². The fraction of sp³-hybridized carbons (Fsp3) is 0.533. The monoisotopic (exact) mass is 247 g/mol. The van der Waals surface area contributed by atoms with E-state index >= 15 is 0 Å². The lowest BCUT2D eigenvalue weighted by molar-refractivity contribution is -0.142. The predicted octanol–water partition coefficient (Wildman–Crippen LogP) is 3.17. The molecule has 1 N–H and O–H groups in total. The maximum atomic E-state index is 12.0. The van der Waals surface area contributed by atoms with Gasteiger partial charge in [-0.1, -0.05) is 39.0 Å². The fourth-order valence-electron chi connectivity index (χ4n) is 2.48. The van der Waals surface area contributed by atoms with Gasteiger partial charge in [0.05, 0.1) is 13.0 Å². The Labute approximate surface area is 109 Å². The maximum Gasteiger partial charge on any atom is 0.313 e. The van der Waals surface area contributed by atoms with Crippen LogP contribution in [-0.2, 0) is 9.53 Å². The zero-order valence-electron chi connectivity index (χ0n) is 11.5. The van der Waals surface area contributed by atoms with E-state index in [9.17, 15) is 4.79 Å². The summed E-state index contributed by atoms with van der Waals surface area (Å²) < 4.78 is 4.94. The molecule has 0 saturated heterocycles. The maximum absolute atomic E-state index is 12.0. The SMILES string of the molecule is COC(=O)[C@H]1C[C@@H](C(C)(C)C)Nc2ccccc21. The number of carbonyl (C=O) groups is 1. The van der Waals surface area contributed by atoms with Crippen molar-refractivity contribution in [1.29, 1.82) is 0 Å². The minimum atomic E-state index is -0.156. The third-order valence-electron chi connectivity index (χ3n) is 3.67. The number of nitrogens with one attached hydrogen (secondary N) is 1. The molecule has 2 rings (SSSR count). The van der Waals surface area contributed by atoms with Crippen LogP contribution in [-0.4, -0.2) is 19.1 Å². The molecule has 3 nitrogen and oxygen atoms in total. The third kappa shape index (κ3) is 2.35. The summed E-state index contributed by atoms with van der Waals surface area (Å²) in [6.45, 7) is 6.56. The van der Waals surface area contributed by atoms with Crippen molar-refractivity contribution in [3.05, 3.63) is 29.8 Å². The van der Waals surface area contributed by atoms with Crippen LogP contribution in [0.25, 0.3) is 0 Å². The first-order chi connectivity index (χ1) is 8.43. The number of anilines is 1. The van der Waals surface area contributed by atoms with Crippen LogP contribution >= 0.6 is 0 Å². The molecule has 2 atom stereocenters. The van der Waals surface area contributed by atoms with Gasteiger partial charge in [0, 0.05) is 11.7 Å². The number of hydrogen-bond acceptors (Lipinski definition) is 3. The molecule has 3 heteroatoms. The Morgan fingerprint density at radius 3 is 2.61 bits per heavy atom. The largest absolute Gasteiger partial charge is 0.469 e. The third-order valence-corrected chi connectivity index (χ3v) is 3.67. The smallest absolute Gasteiger partial charge is 0.313 e. The Morgan fingerprint density at radius 1 is 1.33 bits per heavy atom. The zero-order chi connectivity index (χ0) is 13.3. The number of hydrogen-bond donors (Lipinski definition) is 1. The number of rotatable bonds is 1. The number of methoxy groups -OCH3 is 1. The standard InChI is InChI=1S/C15H21NO2/c1-15(2,3)13-9-11(14(17)18-4)10-7-5-6-8-12(10)16-13/h5-8,11,13,16H,9H2,1-4H3/t11-,13-/m0/s1. The zero-order valence-corrected chi connectivity index (χ0v) is 11.5. The van der Waals surface area contributed by atoms with Crippen LogP contribution in [0.4, 0.5) is 5.69 Å². The van der Waals surface area contributed by atoms with Gasteiger partial charge in [-0.2, -0.15) is 0 Å². The van der Waals surface area contributed by atoms with Crippen LogP contribution in [0.2, 0.25) is 0 Å². The minimum absolute atomic E-state index is 0.111. The summed E-state index contributed by atoms with van der Waals surface area (Å²) in [5, 5.41) is 3.54. The molecule has 0 saturated carbocycles. The van der Waals surface area contributed by atoms with Gasteiger partial charge in [0.25, 0.3) is 0 Å². The molecular weight excluding hydrogens is 226 g/mol. The summed E-state index contributed by atoms with van der Waals surface area (Å²) in [6.07, 6.45) is 0.785. The van der Waals surface area contributed by atoms with Gasteiger partial charge < -0.3 is 10.1 Å². The first kappa shape index (κ1) is 12.9. The second kappa shape index (κ2) is 4.63. The Balaban J connectivity index is 2.38. The number of benzene rings is 1. The highest BCUT2D eigenvalue weighted by Gasteiger charge is 2.36. The van der Waals surface area contributed by atoms with E-state index in [-0.39, 0.29) is 23.3 Å². The summed E-state index contributed by atoms with van der Waals surface area (Å²) in [4.78, 5) is 12.0. The second-order valence-corrected chi connectivity index (χ2v) is 5.96. The summed E-state index contributed by atoms with van der Waals surface area (Å²) in [5.74, 6) is -0.296. The molecule has 0 aliphatic carbocycles. The van der Waals surface area contributed by atoms with E-state index in [4.69, 9.17) is 4.74 Å². The number of esters is 1. The number of ether oxygens (including phenoxy) is 1. The van der Waals surface area contributed by atoms with Crippen molar-refractivity contribution in [3.63, 3.8) is 0 Å². The molecule has 1 aromatic carbocycles. The Morgan fingerprint density at radius 2 is 2.00 bits per heavy atom. The van der Waals surface area contributed by atoms with Crippen molar-refractivity contribution < 1.29 is 9.53 Å². The van der Waals surface area contributed by atoms with Crippen molar-refractivity contribution in [2.45, 2.75) is 39.2 Å². The Kier molecular flexibility index (Phi) is 3.33. The van der Waals surface area contributed by atoms with Gasteiger partial charge in [-0.05, 0) is 23.5 Å². The molecule has 18 heavy (non-hydrogen) atoms. The highest BCUT2D eigenvalue weighted by molar-refractivity contribution is 5.81. The van der Waals surface area contributed by atoms with Crippen LogP contribution in [0.1, 0.15) is 38.7 Å². The molecular formula is C15H21NO2. The van der Waals surface area contributed by atoms with E-state index in [1.165, 1.54) is 7.11 Å². The minimum Gasteiger partial charge on any atom is -0.469 e.